The van der Waals surface area contributed by atoms with Gasteiger partial charge >= 0.3 is 0 Å². The Kier molecular flexibility index (Phi) is 7.20. The van der Waals surface area contributed by atoms with Crippen molar-refractivity contribution in [2.45, 2.75) is 104 Å². The molecule has 0 amide bonds. The summed E-state index contributed by atoms with van der Waals surface area (Å²) in [5.41, 5.74) is 0.186. The van der Waals surface area contributed by atoms with Gasteiger partial charge < -0.3 is 9.63 Å². The average molecular weight is 363 g/mol. The van der Waals surface area contributed by atoms with Crippen LogP contribution in [-0.4, -0.2) is 38.3 Å². The summed E-state index contributed by atoms with van der Waals surface area (Å²) in [6, 6.07) is 0. The molecule has 0 aromatic rings. The second kappa shape index (κ2) is 6.95. The Bertz CT molecular complexity index is 346. The highest BCUT2D eigenvalue weighted by Gasteiger charge is 2.41. The van der Waals surface area contributed by atoms with E-state index in [1.807, 2.05) is 0 Å². The van der Waals surface area contributed by atoms with Gasteiger partial charge in [-0.05, 0) is 50.0 Å². The van der Waals surface area contributed by atoms with Gasteiger partial charge in [0.25, 0.3) is 0 Å². The molecule has 0 spiro atoms. The Labute approximate surface area is 144 Å². The summed E-state index contributed by atoms with van der Waals surface area (Å²) in [6.07, 6.45) is 0. The molecular weight excluding hydrogens is 319 g/mol. The first-order chi connectivity index (χ1) is 9.25. The van der Waals surface area contributed by atoms with Crippen molar-refractivity contribution in [1.82, 2.24) is 9.63 Å². The molecule has 0 aromatic carbocycles. The third-order valence-electron chi connectivity index (χ3n) is 3.51. The van der Waals surface area contributed by atoms with Crippen molar-refractivity contribution in [1.29, 1.82) is 0 Å². The number of hydrogen-bond donors (Lipinski definition) is 2. The standard InChI is InChI=1S/C17H43N2PSi2/c1-15(2,3)18-22(12,13)19-21(10,11)14-20(16(4,5)6)17(7,8)9/h18-19H,14H2,1-13H3. The van der Waals surface area contributed by atoms with Gasteiger partial charge in [-0.15, -0.1) is 0 Å². The van der Waals surface area contributed by atoms with Gasteiger partial charge in [-0.2, -0.15) is 0 Å². The molecule has 2 nitrogen and oxygen atoms in total. The first kappa shape index (κ1) is 22.8. The van der Waals surface area contributed by atoms with Gasteiger partial charge in [-0.3, -0.25) is 0 Å². The first-order valence-corrected chi connectivity index (χ1v) is 16.4. The van der Waals surface area contributed by atoms with E-state index < -0.39 is 16.6 Å². The van der Waals surface area contributed by atoms with Crippen molar-refractivity contribution >= 4 is 24.6 Å². The predicted octanol–water partition coefficient (Wildman–Crippen LogP) is 5.49. The minimum Gasteiger partial charge on any atom is -0.347 e. The molecule has 0 heterocycles. The van der Waals surface area contributed by atoms with Gasteiger partial charge in [-0.25, -0.2) is 0 Å². The summed E-state index contributed by atoms with van der Waals surface area (Å²) >= 11 is 0. The smallest absolute Gasteiger partial charge is 0.188 e. The van der Waals surface area contributed by atoms with Crippen LogP contribution in [-0.2, 0) is 0 Å². The zero-order chi connectivity index (χ0) is 18.2. The second-order valence-electron chi connectivity index (χ2n) is 10.9. The monoisotopic (exact) mass is 362 g/mol. The van der Waals surface area contributed by atoms with E-state index in [0.29, 0.717) is 10.3 Å². The lowest BCUT2D eigenvalue weighted by Crippen LogP contribution is -2.71. The minimum atomic E-state index is -1.59. The van der Waals surface area contributed by atoms with Crippen LogP contribution in [0.15, 0.2) is 0 Å². The van der Waals surface area contributed by atoms with Crippen LogP contribution in [0.2, 0.25) is 26.2 Å². The SMILES string of the molecule is CC(C)(C)N[Si](C)(C)N[Si](C)(C)CP(C(C)(C)C)C(C)(C)C. The van der Waals surface area contributed by atoms with E-state index in [1.54, 1.807) is 0 Å². The molecule has 0 radical (unpaired) electrons. The van der Waals surface area contributed by atoms with Crippen molar-refractivity contribution in [3.63, 3.8) is 0 Å². The maximum Gasteiger partial charge on any atom is 0.188 e. The van der Waals surface area contributed by atoms with Gasteiger partial charge in [0.2, 0.25) is 0 Å². The highest BCUT2D eigenvalue weighted by molar-refractivity contribution is 7.63. The third kappa shape index (κ3) is 9.17. The molecule has 0 aliphatic rings. The molecule has 0 rings (SSSR count). The lowest BCUT2D eigenvalue weighted by Gasteiger charge is -2.47. The fourth-order valence-electron chi connectivity index (χ4n) is 3.73. The summed E-state index contributed by atoms with van der Waals surface area (Å²) in [5.74, 6) is 1.40. The number of nitrogens with one attached hydrogen (secondary N) is 2. The number of rotatable bonds is 5. The topological polar surface area (TPSA) is 24.1 Å². The molecule has 0 fully saturated rings. The van der Waals surface area contributed by atoms with E-state index in [9.17, 15) is 0 Å². The maximum atomic E-state index is 4.15. The highest BCUT2D eigenvalue weighted by Crippen LogP contribution is 2.59. The summed E-state index contributed by atoms with van der Waals surface area (Å²) in [4.78, 5) is 3.87. The number of hydrogen-bond acceptors (Lipinski definition) is 2. The van der Waals surface area contributed by atoms with Gasteiger partial charge in [0.05, 0.1) is 0 Å². The van der Waals surface area contributed by atoms with Crippen molar-refractivity contribution in [2.75, 3.05) is 5.79 Å². The third-order valence-corrected chi connectivity index (χ3v) is 17.8. The van der Waals surface area contributed by atoms with Crippen molar-refractivity contribution in [2.24, 2.45) is 0 Å². The Morgan fingerprint density at radius 2 is 1.09 bits per heavy atom. The Morgan fingerprint density at radius 1 is 0.727 bits per heavy atom. The molecule has 0 aliphatic carbocycles. The fraction of sp³-hybridized carbons (Fsp3) is 1.00. The minimum absolute atomic E-state index is 0.0232. The van der Waals surface area contributed by atoms with E-state index in [-0.39, 0.29) is 13.5 Å². The van der Waals surface area contributed by atoms with Crippen molar-refractivity contribution in [3.05, 3.63) is 0 Å². The summed E-state index contributed by atoms with van der Waals surface area (Å²) < 4.78 is 4.15. The molecule has 0 saturated heterocycles. The Morgan fingerprint density at radius 3 is 1.36 bits per heavy atom. The van der Waals surface area contributed by atoms with Crippen LogP contribution in [0, 0.1) is 0 Å². The van der Waals surface area contributed by atoms with Gasteiger partial charge in [0.15, 0.2) is 8.40 Å². The quantitative estimate of drug-likeness (QED) is 0.499. The van der Waals surface area contributed by atoms with Crippen LogP contribution < -0.4 is 9.63 Å². The van der Waals surface area contributed by atoms with Crippen LogP contribution in [0.5, 0.6) is 0 Å². The Hall–Kier alpha value is 0.784. The fourth-order valence-corrected chi connectivity index (χ4v) is 22.6. The van der Waals surface area contributed by atoms with Gasteiger partial charge in [0, 0.05) is 5.54 Å². The highest BCUT2D eigenvalue weighted by atomic mass is 31.1. The van der Waals surface area contributed by atoms with E-state index in [2.05, 4.69) is 98.1 Å². The molecule has 0 aliphatic heterocycles. The molecule has 0 bridgehead atoms. The largest absolute Gasteiger partial charge is 0.347 e. The van der Waals surface area contributed by atoms with Crippen molar-refractivity contribution in [3.8, 4) is 0 Å². The molecule has 0 saturated carbocycles. The van der Waals surface area contributed by atoms with Gasteiger partial charge in [-0.1, -0.05) is 62.6 Å². The maximum absolute atomic E-state index is 4.15. The molecule has 0 unspecified atom stereocenters. The van der Waals surface area contributed by atoms with E-state index in [1.165, 1.54) is 5.79 Å². The van der Waals surface area contributed by atoms with Crippen LogP contribution in [0.4, 0.5) is 0 Å². The van der Waals surface area contributed by atoms with Crippen molar-refractivity contribution < 1.29 is 0 Å². The second-order valence-corrected chi connectivity index (χ2v) is 24.0. The van der Waals surface area contributed by atoms with E-state index >= 15 is 0 Å². The lowest BCUT2D eigenvalue weighted by atomic mass is 10.1. The molecule has 5 heteroatoms. The van der Waals surface area contributed by atoms with Crippen LogP contribution in [0.1, 0.15) is 62.3 Å². The van der Waals surface area contributed by atoms with Crippen LogP contribution >= 0.6 is 7.92 Å². The molecular formula is C17H43N2PSi2. The van der Waals surface area contributed by atoms with Gasteiger partial charge in [0.1, 0.15) is 8.24 Å². The molecule has 134 valence electrons. The Balaban J connectivity index is 5.16. The average Bonchev–Trinajstić information content (AvgIpc) is 2.03. The molecule has 0 atom stereocenters. The van der Waals surface area contributed by atoms with Crippen LogP contribution in [0.3, 0.4) is 0 Å². The lowest BCUT2D eigenvalue weighted by molar-refractivity contribution is 0.509. The zero-order valence-corrected chi connectivity index (χ0v) is 20.5. The molecule has 2 N–H and O–H groups in total. The molecule has 22 heavy (non-hydrogen) atoms. The predicted molar refractivity (Wildman–Crippen MR) is 112 cm³/mol. The molecule has 0 aromatic heterocycles. The van der Waals surface area contributed by atoms with E-state index in [4.69, 9.17) is 0 Å². The zero-order valence-electron chi connectivity index (χ0n) is 17.7. The first-order valence-electron chi connectivity index (χ1n) is 8.62. The van der Waals surface area contributed by atoms with Crippen LogP contribution in [0.25, 0.3) is 0 Å². The summed E-state index contributed by atoms with van der Waals surface area (Å²) in [6.45, 7) is 31.3. The normalized spacial score (nSPS) is 15.5. The summed E-state index contributed by atoms with van der Waals surface area (Å²) in [5, 5.41) is 0.839. The summed E-state index contributed by atoms with van der Waals surface area (Å²) in [7, 11) is -3.05. The van der Waals surface area contributed by atoms with E-state index in [0.717, 1.165) is 0 Å².